The molecule has 2 heteroatoms. The van der Waals surface area contributed by atoms with Crippen LogP contribution in [0.2, 0.25) is 0 Å². The lowest BCUT2D eigenvalue weighted by atomic mass is 9.98. The zero-order chi connectivity index (χ0) is 9.84. The Bertz CT molecular complexity index is 305. The Kier molecular flexibility index (Phi) is 3.09. The summed E-state index contributed by atoms with van der Waals surface area (Å²) in [6.45, 7) is 5.66. The van der Waals surface area contributed by atoms with Crippen LogP contribution in [0.5, 0.6) is 0 Å². The van der Waals surface area contributed by atoms with Gasteiger partial charge in [0.2, 0.25) is 0 Å². The highest BCUT2D eigenvalue weighted by Gasteiger charge is 2.07. The van der Waals surface area contributed by atoms with Crippen LogP contribution in [-0.2, 0) is 0 Å². The molecule has 0 aromatic heterocycles. The van der Waals surface area contributed by atoms with Crippen molar-refractivity contribution in [1.82, 2.24) is 0 Å². The van der Waals surface area contributed by atoms with Crippen molar-refractivity contribution >= 4 is 5.69 Å². The van der Waals surface area contributed by atoms with Gasteiger partial charge in [0.1, 0.15) is 0 Å². The molecule has 13 heavy (non-hydrogen) atoms. The summed E-state index contributed by atoms with van der Waals surface area (Å²) in [7, 11) is 0. The molecular formula is C11H16N2. The van der Waals surface area contributed by atoms with Gasteiger partial charge in [-0.1, -0.05) is 18.2 Å². The monoisotopic (exact) mass is 176 g/mol. The SMILES string of the molecule is C=CC[C@@H](N)c1cccc(N)c1C. The summed E-state index contributed by atoms with van der Waals surface area (Å²) in [5.74, 6) is 0. The molecule has 70 valence electrons. The molecule has 0 saturated heterocycles. The fourth-order valence-electron chi connectivity index (χ4n) is 1.38. The topological polar surface area (TPSA) is 52.0 Å². The van der Waals surface area contributed by atoms with E-state index in [1.54, 1.807) is 0 Å². The third-order valence-corrected chi connectivity index (χ3v) is 2.24. The minimum absolute atomic E-state index is 0.0148. The van der Waals surface area contributed by atoms with Crippen LogP contribution in [0, 0.1) is 6.92 Å². The molecule has 0 unspecified atom stereocenters. The first-order chi connectivity index (χ1) is 6.16. The number of nitrogen functional groups attached to an aromatic ring is 1. The number of hydrogen-bond donors (Lipinski definition) is 2. The molecule has 1 atom stereocenters. The normalized spacial score (nSPS) is 12.5. The van der Waals surface area contributed by atoms with Crippen LogP contribution in [-0.4, -0.2) is 0 Å². The van der Waals surface area contributed by atoms with Gasteiger partial charge in [0.05, 0.1) is 0 Å². The second-order valence-corrected chi connectivity index (χ2v) is 3.19. The Hall–Kier alpha value is -1.28. The fraction of sp³-hybridized carbons (Fsp3) is 0.273. The van der Waals surface area contributed by atoms with E-state index in [0.29, 0.717) is 0 Å². The second-order valence-electron chi connectivity index (χ2n) is 3.19. The van der Waals surface area contributed by atoms with Crippen molar-refractivity contribution in [2.45, 2.75) is 19.4 Å². The van der Waals surface area contributed by atoms with E-state index >= 15 is 0 Å². The highest BCUT2D eigenvalue weighted by atomic mass is 14.6. The van der Waals surface area contributed by atoms with E-state index in [4.69, 9.17) is 11.5 Å². The zero-order valence-electron chi connectivity index (χ0n) is 7.96. The maximum absolute atomic E-state index is 5.95. The molecule has 0 aliphatic rings. The second kappa shape index (κ2) is 4.10. The minimum Gasteiger partial charge on any atom is -0.399 e. The van der Waals surface area contributed by atoms with Crippen LogP contribution < -0.4 is 11.5 Å². The van der Waals surface area contributed by atoms with Crippen molar-refractivity contribution in [2.24, 2.45) is 5.73 Å². The highest BCUT2D eigenvalue weighted by molar-refractivity contribution is 5.50. The van der Waals surface area contributed by atoms with E-state index in [0.717, 1.165) is 23.2 Å². The van der Waals surface area contributed by atoms with Crippen LogP contribution in [0.3, 0.4) is 0 Å². The summed E-state index contributed by atoms with van der Waals surface area (Å²) in [6.07, 6.45) is 2.61. The molecule has 0 amide bonds. The molecule has 0 radical (unpaired) electrons. The van der Waals surface area contributed by atoms with Crippen LogP contribution in [0.4, 0.5) is 5.69 Å². The van der Waals surface area contributed by atoms with Crippen LogP contribution in [0.15, 0.2) is 30.9 Å². The average Bonchev–Trinajstić information content (AvgIpc) is 2.10. The average molecular weight is 176 g/mol. The van der Waals surface area contributed by atoms with E-state index in [1.807, 2.05) is 31.2 Å². The van der Waals surface area contributed by atoms with E-state index in [2.05, 4.69) is 6.58 Å². The van der Waals surface area contributed by atoms with Crippen molar-refractivity contribution in [3.63, 3.8) is 0 Å². The summed E-state index contributed by atoms with van der Waals surface area (Å²) in [5, 5.41) is 0. The third kappa shape index (κ3) is 2.10. The summed E-state index contributed by atoms with van der Waals surface area (Å²) in [6, 6.07) is 5.85. The van der Waals surface area contributed by atoms with Gasteiger partial charge in [-0.2, -0.15) is 0 Å². The molecule has 0 saturated carbocycles. The molecular weight excluding hydrogens is 160 g/mol. The van der Waals surface area contributed by atoms with Gasteiger partial charge in [-0.25, -0.2) is 0 Å². The lowest BCUT2D eigenvalue weighted by Gasteiger charge is -2.13. The van der Waals surface area contributed by atoms with Gasteiger partial charge in [0.15, 0.2) is 0 Å². The van der Waals surface area contributed by atoms with E-state index < -0.39 is 0 Å². The molecule has 0 spiro atoms. The lowest BCUT2D eigenvalue weighted by Crippen LogP contribution is -2.11. The van der Waals surface area contributed by atoms with E-state index in [9.17, 15) is 0 Å². The number of nitrogens with two attached hydrogens (primary N) is 2. The first kappa shape index (κ1) is 9.81. The van der Waals surface area contributed by atoms with Gasteiger partial charge in [0, 0.05) is 11.7 Å². The van der Waals surface area contributed by atoms with Gasteiger partial charge < -0.3 is 11.5 Å². The third-order valence-electron chi connectivity index (χ3n) is 2.24. The molecule has 4 N–H and O–H groups in total. The summed E-state index contributed by atoms with van der Waals surface area (Å²) >= 11 is 0. The van der Waals surface area contributed by atoms with E-state index in [1.165, 1.54) is 0 Å². The van der Waals surface area contributed by atoms with Crippen molar-refractivity contribution in [3.8, 4) is 0 Å². The molecule has 0 aliphatic carbocycles. The van der Waals surface area contributed by atoms with Crippen molar-refractivity contribution in [1.29, 1.82) is 0 Å². The van der Waals surface area contributed by atoms with Crippen molar-refractivity contribution in [3.05, 3.63) is 42.0 Å². The zero-order valence-corrected chi connectivity index (χ0v) is 7.96. The maximum atomic E-state index is 5.95. The quantitative estimate of drug-likeness (QED) is 0.547. The number of anilines is 1. The predicted octanol–water partition coefficient (Wildman–Crippen LogP) is 2.15. The van der Waals surface area contributed by atoms with Crippen molar-refractivity contribution < 1.29 is 0 Å². The Morgan fingerprint density at radius 1 is 1.54 bits per heavy atom. The van der Waals surface area contributed by atoms with Gasteiger partial charge in [-0.15, -0.1) is 6.58 Å². The molecule has 1 rings (SSSR count). The molecule has 2 nitrogen and oxygen atoms in total. The highest BCUT2D eigenvalue weighted by Crippen LogP contribution is 2.22. The smallest absolute Gasteiger partial charge is 0.0347 e. The summed E-state index contributed by atoms with van der Waals surface area (Å²) in [5.41, 5.74) is 14.7. The number of hydrogen-bond acceptors (Lipinski definition) is 2. The standard InChI is InChI=1S/C11H16N2/c1-3-5-11(13)9-6-4-7-10(12)8(9)2/h3-4,6-7,11H,1,5,12-13H2,2H3/t11-/m1/s1. The largest absolute Gasteiger partial charge is 0.399 e. The van der Waals surface area contributed by atoms with Gasteiger partial charge in [-0.3, -0.25) is 0 Å². The first-order valence-electron chi connectivity index (χ1n) is 4.38. The van der Waals surface area contributed by atoms with Gasteiger partial charge in [0.25, 0.3) is 0 Å². The van der Waals surface area contributed by atoms with Crippen LogP contribution in [0.25, 0.3) is 0 Å². The van der Waals surface area contributed by atoms with Gasteiger partial charge >= 0.3 is 0 Å². The number of rotatable bonds is 3. The molecule has 1 aromatic carbocycles. The van der Waals surface area contributed by atoms with Crippen LogP contribution in [0.1, 0.15) is 23.6 Å². The van der Waals surface area contributed by atoms with E-state index in [-0.39, 0.29) is 6.04 Å². The molecule has 0 fully saturated rings. The first-order valence-corrected chi connectivity index (χ1v) is 4.38. The lowest BCUT2D eigenvalue weighted by molar-refractivity contribution is 0.736. The molecule has 0 bridgehead atoms. The summed E-state index contributed by atoms with van der Waals surface area (Å²) in [4.78, 5) is 0. The minimum atomic E-state index is 0.0148. The maximum Gasteiger partial charge on any atom is 0.0347 e. The molecule has 1 aromatic rings. The van der Waals surface area contributed by atoms with Gasteiger partial charge in [-0.05, 0) is 30.5 Å². The number of benzene rings is 1. The predicted molar refractivity (Wildman–Crippen MR) is 57.3 cm³/mol. The van der Waals surface area contributed by atoms with Crippen LogP contribution >= 0.6 is 0 Å². The Labute approximate surface area is 79.2 Å². The summed E-state index contributed by atoms with van der Waals surface area (Å²) < 4.78 is 0. The van der Waals surface area contributed by atoms with Crippen molar-refractivity contribution in [2.75, 3.05) is 5.73 Å². The Morgan fingerprint density at radius 2 is 2.23 bits per heavy atom. The molecule has 0 heterocycles. The Balaban J connectivity index is 3.00. The molecule has 0 aliphatic heterocycles. The Morgan fingerprint density at radius 3 is 2.85 bits per heavy atom. The fourth-order valence-corrected chi connectivity index (χ4v) is 1.38.